The fraction of sp³-hybridized carbons (Fsp3) is 0.640. The second-order valence-electron chi connectivity index (χ2n) is 7.81. The standard InChI is InChI=1S/C25H40O2/c1-4-5-6-7-8-9-10-11-12-13-14-15-16-17-23-18-20-24(21-19-23)27-25(26)22(2)3/h18-21H,2,4-17H2,1,3H3. The first-order valence-corrected chi connectivity index (χ1v) is 11.1. The van der Waals surface area contributed by atoms with Crippen LogP contribution < -0.4 is 4.74 Å². The average Bonchev–Trinajstić information content (AvgIpc) is 2.66. The minimum Gasteiger partial charge on any atom is -0.423 e. The van der Waals surface area contributed by atoms with E-state index in [0.717, 1.165) is 6.42 Å². The Morgan fingerprint density at radius 3 is 1.67 bits per heavy atom. The van der Waals surface area contributed by atoms with Crippen molar-refractivity contribution in [2.24, 2.45) is 0 Å². The average molecular weight is 373 g/mol. The zero-order valence-corrected chi connectivity index (χ0v) is 17.7. The van der Waals surface area contributed by atoms with Crippen molar-refractivity contribution in [2.75, 3.05) is 0 Å². The summed E-state index contributed by atoms with van der Waals surface area (Å²) in [5.74, 6) is 0.233. The number of carbonyl (C=O) groups is 1. The molecule has 0 saturated carbocycles. The van der Waals surface area contributed by atoms with Gasteiger partial charge in [-0.05, 0) is 37.5 Å². The summed E-state index contributed by atoms with van der Waals surface area (Å²) in [6.07, 6.45) is 19.1. The van der Waals surface area contributed by atoms with Crippen molar-refractivity contribution in [1.82, 2.24) is 0 Å². The summed E-state index contributed by atoms with van der Waals surface area (Å²) in [5, 5.41) is 0. The van der Waals surface area contributed by atoms with Gasteiger partial charge in [-0.2, -0.15) is 0 Å². The lowest BCUT2D eigenvalue weighted by molar-refractivity contribution is -0.130. The minimum absolute atomic E-state index is 0.362. The molecule has 0 saturated heterocycles. The first-order chi connectivity index (χ1) is 13.1. The molecule has 0 unspecified atom stereocenters. The monoisotopic (exact) mass is 372 g/mol. The molecule has 0 aliphatic heterocycles. The predicted octanol–water partition coefficient (Wildman–Crippen LogP) is 7.80. The van der Waals surface area contributed by atoms with Crippen LogP contribution in [0.1, 0.15) is 103 Å². The Hall–Kier alpha value is -1.57. The van der Waals surface area contributed by atoms with Crippen molar-refractivity contribution in [3.8, 4) is 5.75 Å². The van der Waals surface area contributed by atoms with Gasteiger partial charge in [0.25, 0.3) is 0 Å². The van der Waals surface area contributed by atoms with Gasteiger partial charge in [0.2, 0.25) is 0 Å². The summed E-state index contributed by atoms with van der Waals surface area (Å²) < 4.78 is 5.21. The topological polar surface area (TPSA) is 26.3 Å². The lowest BCUT2D eigenvalue weighted by Crippen LogP contribution is -2.07. The zero-order chi connectivity index (χ0) is 19.7. The fourth-order valence-corrected chi connectivity index (χ4v) is 3.27. The van der Waals surface area contributed by atoms with Gasteiger partial charge in [-0.3, -0.25) is 0 Å². The van der Waals surface area contributed by atoms with E-state index >= 15 is 0 Å². The quantitative estimate of drug-likeness (QED) is 0.128. The van der Waals surface area contributed by atoms with Crippen molar-refractivity contribution >= 4 is 5.97 Å². The van der Waals surface area contributed by atoms with Crippen molar-refractivity contribution in [2.45, 2.75) is 104 Å². The molecular weight excluding hydrogens is 332 g/mol. The summed E-state index contributed by atoms with van der Waals surface area (Å²) in [6, 6.07) is 7.86. The minimum atomic E-state index is -0.362. The van der Waals surface area contributed by atoms with Gasteiger partial charge in [-0.15, -0.1) is 0 Å². The van der Waals surface area contributed by atoms with Gasteiger partial charge in [0, 0.05) is 5.57 Å². The number of unbranched alkanes of at least 4 members (excludes halogenated alkanes) is 12. The molecule has 1 rings (SSSR count). The lowest BCUT2D eigenvalue weighted by Gasteiger charge is -2.06. The molecule has 27 heavy (non-hydrogen) atoms. The van der Waals surface area contributed by atoms with Gasteiger partial charge in [0.05, 0.1) is 0 Å². The number of rotatable bonds is 16. The van der Waals surface area contributed by atoms with E-state index in [-0.39, 0.29) is 5.97 Å². The van der Waals surface area contributed by atoms with Crippen LogP contribution in [0.4, 0.5) is 0 Å². The number of aryl methyl sites for hydroxylation is 1. The summed E-state index contributed by atoms with van der Waals surface area (Å²) in [7, 11) is 0. The highest BCUT2D eigenvalue weighted by Crippen LogP contribution is 2.16. The van der Waals surface area contributed by atoms with Crippen LogP contribution >= 0.6 is 0 Å². The zero-order valence-electron chi connectivity index (χ0n) is 17.7. The molecule has 0 aliphatic rings. The maximum absolute atomic E-state index is 11.5. The van der Waals surface area contributed by atoms with Crippen LogP contribution in [0.2, 0.25) is 0 Å². The molecule has 1 aromatic rings. The third-order valence-electron chi connectivity index (χ3n) is 5.05. The molecule has 0 N–H and O–H groups in total. The Morgan fingerprint density at radius 2 is 1.22 bits per heavy atom. The molecule has 1 aromatic carbocycles. The van der Waals surface area contributed by atoms with E-state index in [0.29, 0.717) is 11.3 Å². The predicted molar refractivity (Wildman–Crippen MR) is 116 cm³/mol. The molecule has 0 radical (unpaired) electrons. The van der Waals surface area contributed by atoms with Crippen molar-refractivity contribution in [3.05, 3.63) is 42.0 Å². The van der Waals surface area contributed by atoms with E-state index in [9.17, 15) is 4.79 Å². The van der Waals surface area contributed by atoms with Crippen LogP contribution in [0.3, 0.4) is 0 Å². The first kappa shape index (κ1) is 23.5. The highest BCUT2D eigenvalue weighted by atomic mass is 16.5. The molecule has 2 heteroatoms. The SMILES string of the molecule is C=C(C)C(=O)Oc1ccc(CCCCCCCCCCCCCCC)cc1. The van der Waals surface area contributed by atoms with Gasteiger partial charge in [0.1, 0.15) is 5.75 Å². The highest BCUT2D eigenvalue weighted by Gasteiger charge is 2.05. The molecule has 0 aromatic heterocycles. The fourth-order valence-electron chi connectivity index (χ4n) is 3.27. The molecule has 0 fully saturated rings. The number of ether oxygens (including phenoxy) is 1. The van der Waals surface area contributed by atoms with E-state index in [1.54, 1.807) is 6.92 Å². The maximum atomic E-state index is 11.5. The lowest BCUT2D eigenvalue weighted by atomic mass is 10.0. The van der Waals surface area contributed by atoms with Gasteiger partial charge < -0.3 is 4.74 Å². The molecular formula is C25H40O2. The smallest absolute Gasteiger partial charge is 0.338 e. The van der Waals surface area contributed by atoms with Crippen LogP contribution in [-0.2, 0) is 11.2 Å². The Kier molecular flexibility index (Phi) is 13.5. The van der Waals surface area contributed by atoms with Crippen LogP contribution in [0.5, 0.6) is 5.75 Å². The van der Waals surface area contributed by atoms with Crippen molar-refractivity contribution < 1.29 is 9.53 Å². The molecule has 0 aliphatic carbocycles. The summed E-state index contributed by atoms with van der Waals surface area (Å²) in [6.45, 7) is 7.53. The van der Waals surface area contributed by atoms with Crippen molar-refractivity contribution in [1.29, 1.82) is 0 Å². The maximum Gasteiger partial charge on any atom is 0.338 e. The van der Waals surface area contributed by atoms with Gasteiger partial charge in [-0.1, -0.05) is 103 Å². The summed E-state index contributed by atoms with van der Waals surface area (Å²) >= 11 is 0. The Labute approximate surface area is 167 Å². The number of carbonyl (C=O) groups excluding carboxylic acids is 1. The third kappa shape index (κ3) is 12.4. The number of esters is 1. The molecule has 152 valence electrons. The first-order valence-electron chi connectivity index (χ1n) is 11.1. The van der Waals surface area contributed by atoms with E-state index in [1.807, 2.05) is 12.1 Å². The Balaban J connectivity index is 1.96. The third-order valence-corrected chi connectivity index (χ3v) is 5.05. The number of hydrogen-bond donors (Lipinski definition) is 0. The van der Waals surface area contributed by atoms with Crippen LogP contribution in [-0.4, -0.2) is 5.97 Å². The highest BCUT2D eigenvalue weighted by molar-refractivity contribution is 5.88. The number of hydrogen-bond acceptors (Lipinski definition) is 2. The van der Waals surface area contributed by atoms with Crippen LogP contribution in [0, 0.1) is 0 Å². The van der Waals surface area contributed by atoms with Gasteiger partial charge in [-0.25, -0.2) is 4.79 Å². The van der Waals surface area contributed by atoms with E-state index in [4.69, 9.17) is 4.74 Å². The van der Waals surface area contributed by atoms with Crippen LogP contribution in [0.25, 0.3) is 0 Å². The summed E-state index contributed by atoms with van der Waals surface area (Å²) in [4.78, 5) is 11.5. The van der Waals surface area contributed by atoms with Gasteiger partial charge >= 0.3 is 5.97 Å². The Morgan fingerprint density at radius 1 is 0.778 bits per heavy atom. The second-order valence-corrected chi connectivity index (χ2v) is 7.81. The van der Waals surface area contributed by atoms with Crippen molar-refractivity contribution in [3.63, 3.8) is 0 Å². The normalized spacial score (nSPS) is 10.7. The van der Waals surface area contributed by atoms with Gasteiger partial charge in [0.15, 0.2) is 0 Å². The molecule has 0 amide bonds. The molecule has 0 spiro atoms. The molecule has 0 atom stereocenters. The van der Waals surface area contributed by atoms with Crippen LogP contribution in [0.15, 0.2) is 36.4 Å². The largest absolute Gasteiger partial charge is 0.423 e. The van der Waals surface area contributed by atoms with E-state index in [2.05, 4.69) is 25.6 Å². The molecule has 2 nitrogen and oxygen atoms in total. The molecule has 0 heterocycles. The Bertz CT molecular complexity index is 516. The van der Waals surface area contributed by atoms with E-state index < -0.39 is 0 Å². The second kappa shape index (κ2) is 15.5. The number of benzene rings is 1. The summed E-state index contributed by atoms with van der Waals surface area (Å²) in [5.41, 5.74) is 1.74. The molecule has 0 bridgehead atoms. The van der Waals surface area contributed by atoms with E-state index in [1.165, 1.54) is 89.0 Å².